The van der Waals surface area contributed by atoms with Gasteiger partial charge in [-0.1, -0.05) is 127 Å². The molecule has 1 heterocycles. The summed E-state index contributed by atoms with van der Waals surface area (Å²) in [6.07, 6.45) is 25.7. The summed E-state index contributed by atoms with van der Waals surface area (Å²) in [5.41, 5.74) is 14.0. The first kappa shape index (κ1) is 29.6. The highest BCUT2D eigenvalue weighted by Crippen LogP contribution is 2.38. The van der Waals surface area contributed by atoms with Crippen LogP contribution < -0.4 is 0 Å². The quantitative estimate of drug-likeness (QED) is 0.165. The molecule has 226 valence electrons. The third-order valence-electron chi connectivity index (χ3n) is 9.36. The summed E-state index contributed by atoms with van der Waals surface area (Å²) in [5, 5.41) is 2.60. The molecule has 0 amide bonds. The Morgan fingerprint density at radius 2 is 1.50 bits per heavy atom. The first-order chi connectivity index (χ1) is 22.6. The molecule has 0 radical (unpaired) electrons. The molecule has 1 nitrogen and oxygen atoms in total. The molecule has 0 N–H and O–H groups in total. The van der Waals surface area contributed by atoms with Crippen molar-refractivity contribution in [3.63, 3.8) is 0 Å². The molecule has 1 unspecified atom stereocenters. The summed E-state index contributed by atoms with van der Waals surface area (Å²) in [5.74, 6) is 0.352. The highest BCUT2D eigenvalue weighted by Gasteiger charge is 2.18. The average molecular weight is 596 g/mol. The number of hydrogen-bond acceptors (Lipinski definition) is 0. The molecule has 0 aliphatic heterocycles. The molecule has 7 rings (SSSR count). The second-order valence-electron chi connectivity index (χ2n) is 12.5. The molecule has 0 bridgehead atoms. The third kappa shape index (κ3) is 5.94. The fourth-order valence-electron chi connectivity index (χ4n) is 6.83. The van der Waals surface area contributed by atoms with Gasteiger partial charge in [-0.2, -0.15) is 0 Å². The minimum absolute atomic E-state index is 0.352. The van der Waals surface area contributed by atoms with Gasteiger partial charge in [0.25, 0.3) is 0 Å². The van der Waals surface area contributed by atoms with Crippen molar-refractivity contribution in [2.45, 2.75) is 46.0 Å². The van der Waals surface area contributed by atoms with Gasteiger partial charge in [0.1, 0.15) is 0 Å². The fraction of sp³-hybridized carbons (Fsp3) is 0.156. The highest BCUT2D eigenvalue weighted by atomic mass is 15.0. The zero-order valence-corrected chi connectivity index (χ0v) is 27.1. The van der Waals surface area contributed by atoms with Crippen LogP contribution in [-0.4, -0.2) is 4.57 Å². The number of benzene rings is 4. The van der Waals surface area contributed by atoms with E-state index in [1.54, 1.807) is 0 Å². The van der Waals surface area contributed by atoms with Gasteiger partial charge in [-0.25, -0.2) is 0 Å². The van der Waals surface area contributed by atoms with Crippen LogP contribution in [0.4, 0.5) is 0 Å². The molecule has 0 saturated heterocycles. The predicted molar refractivity (Wildman–Crippen MR) is 199 cm³/mol. The second-order valence-corrected chi connectivity index (χ2v) is 12.5. The molecular formula is C45H41N. The van der Waals surface area contributed by atoms with Crippen LogP contribution in [-0.2, 0) is 0 Å². The molecule has 4 aromatic carbocycles. The maximum Gasteiger partial charge on any atom is 0.0541 e. The maximum atomic E-state index is 2.46. The summed E-state index contributed by atoms with van der Waals surface area (Å²) in [7, 11) is 0. The van der Waals surface area contributed by atoms with Crippen molar-refractivity contribution >= 4 is 27.4 Å². The van der Waals surface area contributed by atoms with Gasteiger partial charge in [0, 0.05) is 22.4 Å². The molecular weight excluding hydrogens is 555 g/mol. The van der Waals surface area contributed by atoms with E-state index in [1.807, 2.05) is 6.92 Å². The summed E-state index contributed by atoms with van der Waals surface area (Å²) in [4.78, 5) is 0. The lowest BCUT2D eigenvalue weighted by molar-refractivity contribution is 0.838. The molecule has 1 heteroatoms. The van der Waals surface area contributed by atoms with Gasteiger partial charge in [0.2, 0.25) is 0 Å². The van der Waals surface area contributed by atoms with Crippen molar-refractivity contribution in [2.24, 2.45) is 0 Å². The Morgan fingerprint density at radius 3 is 2.26 bits per heavy atom. The Balaban J connectivity index is 1.21. The summed E-state index contributed by atoms with van der Waals surface area (Å²) in [6.45, 7) is 6.45. The summed E-state index contributed by atoms with van der Waals surface area (Å²) in [6, 6.07) is 33.9. The van der Waals surface area contributed by atoms with Gasteiger partial charge in [-0.05, 0) is 109 Å². The Morgan fingerprint density at radius 1 is 0.761 bits per heavy atom. The van der Waals surface area contributed by atoms with Gasteiger partial charge >= 0.3 is 0 Å². The first-order valence-electron chi connectivity index (χ1n) is 16.6. The number of rotatable bonds is 7. The van der Waals surface area contributed by atoms with E-state index in [2.05, 4.69) is 170 Å². The van der Waals surface area contributed by atoms with E-state index in [-0.39, 0.29) is 0 Å². The zero-order chi connectivity index (χ0) is 31.5. The van der Waals surface area contributed by atoms with Crippen LogP contribution in [0.1, 0.15) is 57.1 Å². The first-order valence-corrected chi connectivity index (χ1v) is 16.6. The molecule has 5 aromatic rings. The van der Waals surface area contributed by atoms with Crippen LogP contribution in [0, 0.1) is 0 Å². The van der Waals surface area contributed by atoms with E-state index in [9.17, 15) is 0 Å². The Bertz CT molecular complexity index is 2120. The predicted octanol–water partition coefficient (Wildman–Crippen LogP) is 12.6. The van der Waals surface area contributed by atoms with Crippen LogP contribution in [0.3, 0.4) is 0 Å². The monoisotopic (exact) mass is 595 g/mol. The van der Waals surface area contributed by atoms with Crippen molar-refractivity contribution in [1.82, 2.24) is 4.57 Å². The van der Waals surface area contributed by atoms with Gasteiger partial charge in [-0.3, -0.25) is 0 Å². The maximum absolute atomic E-state index is 2.46. The van der Waals surface area contributed by atoms with Crippen LogP contribution in [0.15, 0.2) is 168 Å². The van der Waals surface area contributed by atoms with E-state index in [0.717, 1.165) is 19.3 Å². The lowest BCUT2D eigenvalue weighted by Gasteiger charge is -2.20. The normalized spacial score (nSPS) is 17.2. The highest BCUT2D eigenvalue weighted by molar-refractivity contribution is 6.09. The van der Waals surface area contributed by atoms with E-state index in [4.69, 9.17) is 0 Å². The van der Waals surface area contributed by atoms with E-state index in [0.29, 0.717) is 5.92 Å². The Kier molecular flexibility index (Phi) is 8.40. The van der Waals surface area contributed by atoms with Crippen LogP contribution in [0.25, 0.3) is 44.2 Å². The average Bonchev–Trinajstić information content (AvgIpc) is 3.43. The van der Waals surface area contributed by atoms with Crippen molar-refractivity contribution in [3.8, 4) is 16.8 Å². The lowest BCUT2D eigenvalue weighted by Crippen LogP contribution is -2.02. The summed E-state index contributed by atoms with van der Waals surface area (Å²) < 4.78 is 2.42. The second kappa shape index (κ2) is 13.1. The Labute approximate surface area is 273 Å². The zero-order valence-electron chi connectivity index (χ0n) is 27.1. The molecule has 0 spiro atoms. The number of allylic oxidation sites excluding steroid dienone is 14. The standard InChI is InChI=1S/C45H41N/c1-4-5-7-12-32(2)29-40-30-38(18-17-33(40)3)39-25-28-45-43(31-39)42-15-10-11-16-44(42)46(45)41-26-23-37(24-27-41)36-21-19-35(20-22-36)34-13-8-6-9-14-34/h4-5,7-8,10-17,19-31,38H,6,9,18H2,1-3H3/b5-4-,12-7-,32-29+. The van der Waals surface area contributed by atoms with Crippen molar-refractivity contribution < 1.29 is 0 Å². The minimum atomic E-state index is 0.352. The van der Waals surface area contributed by atoms with Crippen LogP contribution >= 0.6 is 0 Å². The number of para-hydroxylation sites is 1. The largest absolute Gasteiger partial charge is 0.309 e. The van der Waals surface area contributed by atoms with Crippen molar-refractivity contribution in [1.29, 1.82) is 0 Å². The smallest absolute Gasteiger partial charge is 0.0541 e. The number of nitrogens with zero attached hydrogens (tertiary/aromatic N) is 1. The molecule has 0 saturated carbocycles. The van der Waals surface area contributed by atoms with Crippen LogP contribution in [0.2, 0.25) is 0 Å². The van der Waals surface area contributed by atoms with Gasteiger partial charge in [0.05, 0.1) is 11.0 Å². The molecule has 46 heavy (non-hydrogen) atoms. The van der Waals surface area contributed by atoms with Gasteiger partial charge < -0.3 is 4.57 Å². The lowest BCUT2D eigenvalue weighted by atomic mass is 9.85. The van der Waals surface area contributed by atoms with E-state index < -0.39 is 0 Å². The molecule has 1 aromatic heterocycles. The topological polar surface area (TPSA) is 4.93 Å². The van der Waals surface area contributed by atoms with Gasteiger partial charge in [0.15, 0.2) is 0 Å². The van der Waals surface area contributed by atoms with Crippen LogP contribution in [0.5, 0.6) is 0 Å². The van der Waals surface area contributed by atoms with Gasteiger partial charge in [-0.15, -0.1) is 0 Å². The molecule has 0 fully saturated rings. The van der Waals surface area contributed by atoms with E-state index in [1.165, 1.54) is 72.0 Å². The molecule has 2 aliphatic carbocycles. The minimum Gasteiger partial charge on any atom is -0.309 e. The number of hydrogen-bond donors (Lipinski definition) is 0. The number of aromatic nitrogens is 1. The molecule has 2 aliphatic rings. The van der Waals surface area contributed by atoms with Crippen molar-refractivity contribution in [2.75, 3.05) is 0 Å². The fourth-order valence-corrected chi connectivity index (χ4v) is 6.83. The SMILES string of the molecule is C\C=C/C=C\C(C)=C\C1=CC(c2ccc3c(c2)c2ccccc2n3-c2ccc(-c3ccc(C4=CCCC=C4)cc3)cc2)CC=C1C. The molecule has 1 atom stereocenters. The number of fused-ring (bicyclic) bond motifs is 3. The third-order valence-corrected chi connectivity index (χ3v) is 9.36. The Hall–Kier alpha value is -5.14. The summed E-state index contributed by atoms with van der Waals surface area (Å²) >= 11 is 0. The van der Waals surface area contributed by atoms with Crippen molar-refractivity contribution in [3.05, 3.63) is 180 Å². The van der Waals surface area contributed by atoms with E-state index >= 15 is 0 Å².